The Bertz CT molecular complexity index is 740. The first-order chi connectivity index (χ1) is 12.7. The van der Waals surface area contributed by atoms with Crippen LogP contribution in [0.4, 0.5) is 23.0 Å². The van der Waals surface area contributed by atoms with Gasteiger partial charge in [-0.2, -0.15) is 0 Å². The van der Waals surface area contributed by atoms with Crippen LogP contribution in [0.2, 0.25) is 0 Å². The van der Waals surface area contributed by atoms with Gasteiger partial charge in [0.2, 0.25) is 11.6 Å². The number of aromatic nitrogens is 2. The first-order valence-corrected chi connectivity index (χ1v) is 9.29. The summed E-state index contributed by atoms with van der Waals surface area (Å²) in [6.45, 7) is 2.09. The molecule has 7 nitrogen and oxygen atoms in total. The third-order valence-electron chi connectivity index (χ3n) is 4.83. The Morgan fingerprint density at radius 2 is 1.73 bits per heavy atom. The predicted molar refractivity (Wildman–Crippen MR) is 103 cm³/mol. The predicted octanol–water partition coefficient (Wildman–Crippen LogP) is 4.83. The largest absolute Gasteiger partial charge is 0.361 e. The highest BCUT2D eigenvalue weighted by Crippen LogP contribution is 2.32. The minimum absolute atomic E-state index is 0.101. The summed E-state index contributed by atoms with van der Waals surface area (Å²) in [4.78, 5) is 19.5. The quantitative estimate of drug-likeness (QED) is 0.438. The number of aryl methyl sites for hydroxylation is 1. The molecule has 3 rings (SSSR count). The Labute approximate surface area is 153 Å². The minimum atomic E-state index is -0.415. The Hall–Kier alpha value is -2.70. The maximum Gasteiger partial charge on any atom is 0.353 e. The van der Waals surface area contributed by atoms with Gasteiger partial charge >= 0.3 is 5.69 Å². The average Bonchev–Trinajstić information content (AvgIpc) is 2.91. The number of rotatable bonds is 6. The van der Waals surface area contributed by atoms with Crippen molar-refractivity contribution in [2.24, 2.45) is 0 Å². The monoisotopic (exact) mass is 355 g/mol. The van der Waals surface area contributed by atoms with E-state index in [1.807, 2.05) is 24.3 Å². The molecule has 0 atom stereocenters. The molecule has 0 saturated heterocycles. The molecule has 1 aliphatic rings. The highest BCUT2D eigenvalue weighted by molar-refractivity contribution is 5.73. The summed E-state index contributed by atoms with van der Waals surface area (Å²) in [7, 11) is 0. The molecule has 1 aromatic heterocycles. The molecular weight excluding hydrogens is 330 g/mol. The van der Waals surface area contributed by atoms with Crippen LogP contribution in [0.5, 0.6) is 0 Å². The highest BCUT2D eigenvalue weighted by Gasteiger charge is 2.25. The fourth-order valence-electron chi connectivity index (χ4n) is 3.33. The number of hydrogen-bond acceptors (Lipinski definition) is 6. The average molecular weight is 355 g/mol. The molecule has 1 aliphatic carbocycles. The summed E-state index contributed by atoms with van der Waals surface area (Å²) < 4.78 is 0. The third kappa shape index (κ3) is 4.47. The molecule has 1 saturated carbocycles. The van der Waals surface area contributed by atoms with Crippen molar-refractivity contribution >= 4 is 23.0 Å². The SMILES string of the molecule is CCc1ccc(Nc2ncnc(NC3CCCCCC3)c2[N+](=O)[O-])cc1. The van der Waals surface area contributed by atoms with Crippen molar-refractivity contribution in [2.45, 2.75) is 57.9 Å². The summed E-state index contributed by atoms with van der Waals surface area (Å²) >= 11 is 0. The summed E-state index contributed by atoms with van der Waals surface area (Å²) in [5.41, 5.74) is 1.88. The van der Waals surface area contributed by atoms with Gasteiger partial charge in [-0.05, 0) is 37.0 Å². The second-order valence-corrected chi connectivity index (χ2v) is 6.68. The van der Waals surface area contributed by atoms with E-state index in [1.54, 1.807) is 0 Å². The Balaban J connectivity index is 1.83. The van der Waals surface area contributed by atoms with Crippen LogP contribution >= 0.6 is 0 Å². The Morgan fingerprint density at radius 1 is 1.08 bits per heavy atom. The van der Waals surface area contributed by atoms with Gasteiger partial charge in [0.05, 0.1) is 4.92 Å². The number of nitro groups is 1. The zero-order valence-electron chi connectivity index (χ0n) is 15.1. The number of anilines is 3. The molecule has 1 aromatic carbocycles. The van der Waals surface area contributed by atoms with Crippen molar-refractivity contribution in [3.8, 4) is 0 Å². The number of nitrogens with zero attached hydrogens (tertiary/aromatic N) is 3. The van der Waals surface area contributed by atoms with Crippen LogP contribution in [0.15, 0.2) is 30.6 Å². The van der Waals surface area contributed by atoms with E-state index in [4.69, 9.17) is 0 Å². The normalized spacial score (nSPS) is 15.3. The van der Waals surface area contributed by atoms with Crippen molar-refractivity contribution in [2.75, 3.05) is 10.6 Å². The van der Waals surface area contributed by atoms with E-state index in [2.05, 4.69) is 27.5 Å². The highest BCUT2D eigenvalue weighted by atomic mass is 16.6. The fourth-order valence-corrected chi connectivity index (χ4v) is 3.33. The minimum Gasteiger partial charge on any atom is -0.361 e. The molecule has 0 aliphatic heterocycles. The topological polar surface area (TPSA) is 93.0 Å². The maximum atomic E-state index is 11.7. The molecule has 0 amide bonds. The first-order valence-electron chi connectivity index (χ1n) is 9.29. The lowest BCUT2D eigenvalue weighted by molar-refractivity contribution is -0.383. The number of nitrogens with one attached hydrogen (secondary N) is 2. The second-order valence-electron chi connectivity index (χ2n) is 6.68. The zero-order chi connectivity index (χ0) is 18.4. The lowest BCUT2D eigenvalue weighted by Crippen LogP contribution is -2.20. The van der Waals surface area contributed by atoms with Crippen LogP contribution in [0.25, 0.3) is 0 Å². The summed E-state index contributed by atoms with van der Waals surface area (Å²) in [5.74, 6) is 0.509. The van der Waals surface area contributed by atoms with Crippen LogP contribution < -0.4 is 10.6 Å². The number of hydrogen-bond donors (Lipinski definition) is 2. The van der Waals surface area contributed by atoms with E-state index in [-0.39, 0.29) is 17.5 Å². The van der Waals surface area contributed by atoms with Crippen LogP contribution in [-0.4, -0.2) is 20.9 Å². The van der Waals surface area contributed by atoms with Crippen LogP contribution in [0.3, 0.4) is 0 Å². The molecule has 26 heavy (non-hydrogen) atoms. The van der Waals surface area contributed by atoms with Crippen LogP contribution in [0, 0.1) is 10.1 Å². The van der Waals surface area contributed by atoms with Crippen molar-refractivity contribution < 1.29 is 4.92 Å². The van der Waals surface area contributed by atoms with E-state index in [0.717, 1.165) is 37.8 Å². The molecule has 7 heteroatoms. The Kier molecular flexibility index (Phi) is 5.99. The standard InChI is InChI=1S/C19H25N5O2/c1-2-14-9-11-16(12-10-14)23-19-17(24(25)26)18(20-13-21-19)22-15-7-5-3-4-6-8-15/h9-13,15H,2-8H2,1H3,(H2,20,21,22,23). The molecular formula is C19H25N5O2. The van der Waals surface area contributed by atoms with Gasteiger partial charge in [0.25, 0.3) is 0 Å². The van der Waals surface area contributed by atoms with Crippen molar-refractivity contribution in [3.05, 3.63) is 46.3 Å². The van der Waals surface area contributed by atoms with Gasteiger partial charge < -0.3 is 10.6 Å². The van der Waals surface area contributed by atoms with E-state index in [9.17, 15) is 10.1 Å². The molecule has 2 aromatic rings. The van der Waals surface area contributed by atoms with Gasteiger partial charge in [0.1, 0.15) is 6.33 Å². The first kappa shape index (κ1) is 18.1. The van der Waals surface area contributed by atoms with Crippen molar-refractivity contribution in [1.82, 2.24) is 9.97 Å². The molecule has 0 spiro atoms. The molecule has 1 heterocycles. The van der Waals surface area contributed by atoms with Crippen molar-refractivity contribution in [3.63, 3.8) is 0 Å². The zero-order valence-corrected chi connectivity index (χ0v) is 15.1. The molecule has 0 radical (unpaired) electrons. The molecule has 2 N–H and O–H groups in total. The number of benzene rings is 1. The molecule has 0 bridgehead atoms. The third-order valence-corrected chi connectivity index (χ3v) is 4.83. The van der Waals surface area contributed by atoms with E-state index in [1.165, 1.54) is 24.7 Å². The van der Waals surface area contributed by atoms with Gasteiger partial charge in [-0.1, -0.05) is 44.7 Å². The van der Waals surface area contributed by atoms with Gasteiger partial charge in [0, 0.05) is 11.7 Å². The van der Waals surface area contributed by atoms with Crippen LogP contribution in [0.1, 0.15) is 51.0 Å². The van der Waals surface area contributed by atoms with Gasteiger partial charge in [-0.15, -0.1) is 0 Å². The summed E-state index contributed by atoms with van der Waals surface area (Å²) in [5, 5.41) is 18.0. The van der Waals surface area contributed by atoms with Gasteiger partial charge in [0.15, 0.2) is 0 Å². The Morgan fingerprint density at radius 3 is 2.35 bits per heavy atom. The lowest BCUT2D eigenvalue weighted by atomic mass is 10.1. The summed E-state index contributed by atoms with van der Waals surface area (Å²) in [6.07, 6.45) is 9.09. The van der Waals surface area contributed by atoms with Crippen molar-refractivity contribution in [1.29, 1.82) is 0 Å². The molecule has 138 valence electrons. The van der Waals surface area contributed by atoms with Crippen LogP contribution in [-0.2, 0) is 6.42 Å². The van der Waals surface area contributed by atoms with E-state index in [0.29, 0.717) is 5.82 Å². The fraction of sp³-hybridized carbons (Fsp3) is 0.474. The lowest BCUT2D eigenvalue weighted by Gasteiger charge is -2.17. The smallest absolute Gasteiger partial charge is 0.353 e. The molecule has 0 unspecified atom stereocenters. The van der Waals surface area contributed by atoms with E-state index >= 15 is 0 Å². The van der Waals surface area contributed by atoms with Gasteiger partial charge in [-0.3, -0.25) is 10.1 Å². The second kappa shape index (κ2) is 8.60. The van der Waals surface area contributed by atoms with Gasteiger partial charge in [-0.25, -0.2) is 9.97 Å². The van der Waals surface area contributed by atoms with E-state index < -0.39 is 4.92 Å². The molecule has 1 fully saturated rings. The maximum absolute atomic E-state index is 11.7. The summed E-state index contributed by atoms with van der Waals surface area (Å²) in [6, 6.07) is 8.04.